The van der Waals surface area contributed by atoms with Crippen LogP contribution in [0, 0.1) is 0 Å². The molecule has 0 saturated heterocycles. The summed E-state index contributed by atoms with van der Waals surface area (Å²) in [4.78, 5) is 0. The maximum atomic E-state index is 13.9. The molecule has 0 saturated carbocycles. The highest BCUT2D eigenvalue weighted by molar-refractivity contribution is 4.83. The van der Waals surface area contributed by atoms with Crippen LogP contribution in [0.1, 0.15) is 32.6 Å². The molecule has 0 fully saturated rings. The minimum Gasteiger partial charge on any atom is -0.489 e. The molecule has 0 amide bonds. The van der Waals surface area contributed by atoms with Gasteiger partial charge < -0.3 is 9.84 Å². The van der Waals surface area contributed by atoms with E-state index in [2.05, 4.69) is 16.1 Å². The van der Waals surface area contributed by atoms with Gasteiger partial charge in [-0.1, -0.05) is 13.0 Å². The highest BCUT2D eigenvalue weighted by atomic mass is 19.4. The van der Waals surface area contributed by atoms with Gasteiger partial charge >= 0.3 is 36.9 Å². The molecule has 0 spiro atoms. The molecule has 0 aromatic heterocycles. The van der Waals surface area contributed by atoms with Gasteiger partial charge in [0, 0.05) is 6.42 Å². The van der Waals surface area contributed by atoms with Crippen LogP contribution in [0.2, 0.25) is 0 Å². The zero-order valence-electron chi connectivity index (χ0n) is 16.3. The summed E-state index contributed by atoms with van der Waals surface area (Å²) in [6.07, 6.45) is -26.7. The van der Waals surface area contributed by atoms with E-state index in [-0.39, 0.29) is 19.3 Å². The van der Waals surface area contributed by atoms with Gasteiger partial charge in [-0.2, -0.15) is 43.9 Å². The molecule has 0 radical (unpaired) electrons. The summed E-state index contributed by atoms with van der Waals surface area (Å²) in [7, 11) is 0. The average Bonchev–Trinajstić information content (AvgIpc) is 2.52. The second-order valence-electron chi connectivity index (χ2n) is 6.38. The first-order valence-electron chi connectivity index (χ1n) is 8.48. The summed E-state index contributed by atoms with van der Waals surface area (Å²) in [5, 5.41) is 9.02. The summed E-state index contributed by atoms with van der Waals surface area (Å²) in [6.45, 7) is 2.17. The maximum absolute atomic E-state index is 13.9. The number of hydrogen-bond acceptors (Lipinski definition) is 5. The number of halogens is 13. The van der Waals surface area contributed by atoms with Crippen molar-refractivity contribution in [3.8, 4) is 0 Å². The highest BCUT2D eigenvalue weighted by Gasteiger charge is 2.75. The molecule has 198 valence electrons. The molecule has 1 N–H and O–H groups in total. The summed E-state index contributed by atoms with van der Waals surface area (Å²) < 4.78 is 177. The van der Waals surface area contributed by atoms with Gasteiger partial charge in [0.1, 0.15) is 0 Å². The number of alkyl halides is 13. The maximum Gasteiger partial charge on any atom is 0.527 e. The van der Waals surface area contributed by atoms with Crippen molar-refractivity contribution in [2.24, 2.45) is 0 Å². The van der Waals surface area contributed by atoms with Crippen molar-refractivity contribution in [3.05, 3.63) is 12.3 Å². The second-order valence-corrected chi connectivity index (χ2v) is 6.38. The second kappa shape index (κ2) is 10.8. The SMILES string of the molecule is C=C(CCCCC(C)O)OCC(F)(F)OC(F)(OC(F)(OC(F)(F)F)C(F)(F)F)C(F)(F)F. The van der Waals surface area contributed by atoms with Crippen LogP contribution in [0.3, 0.4) is 0 Å². The van der Waals surface area contributed by atoms with Crippen LogP contribution < -0.4 is 0 Å². The minimum atomic E-state index is -7.17. The van der Waals surface area contributed by atoms with Crippen LogP contribution in [-0.2, 0) is 18.9 Å². The Balaban J connectivity index is 5.49. The van der Waals surface area contributed by atoms with Crippen LogP contribution in [-0.4, -0.2) is 54.7 Å². The van der Waals surface area contributed by atoms with E-state index in [4.69, 9.17) is 5.11 Å². The largest absolute Gasteiger partial charge is 0.527 e. The van der Waals surface area contributed by atoms with Crippen molar-refractivity contribution in [3.63, 3.8) is 0 Å². The van der Waals surface area contributed by atoms with Gasteiger partial charge in [-0.15, -0.1) is 13.2 Å². The zero-order chi connectivity index (χ0) is 26.5. The lowest BCUT2D eigenvalue weighted by molar-refractivity contribution is -0.598. The molecule has 18 heteroatoms. The normalized spacial score (nSPS) is 18.4. The Bertz CT molecular complexity index is 631. The van der Waals surface area contributed by atoms with E-state index >= 15 is 0 Å². The van der Waals surface area contributed by atoms with Gasteiger partial charge in [0.05, 0.1) is 11.9 Å². The van der Waals surface area contributed by atoms with Gasteiger partial charge in [0.2, 0.25) is 0 Å². The average molecular weight is 524 g/mol. The van der Waals surface area contributed by atoms with E-state index in [1.54, 1.807) is 4.74 Å². The number of hydrogen-bond donors (Lipinski definition) is 1. The van der Waals surface area contributed by atoms with Crippen molar-refractivity contribution in [1.82, 2.24) is 0 Å². The molecule has 0 aliphatic rings. The summed E-state index contributed by atoms with van der Waals surface area (Å²) in [6, 6.07) is -13.7. The third kappa shape index (κ3) is 11.0. The molecule has 0 bridgehead atoms. The Kier molecular flexibility index (Phi) is 10.3. The molecule has 0 rings (SSSR count). The molecular formula is C15H17F13O5. The number of ether oxygens (including phenoxy) is 4. The van der Waals surface area contributed by atoms with E-state index in [0.29, 0.717) is 6.42 Å². The van der Waals surface area contributed by atoms with Crippen molar-refractivity contribution in [2.45, 2.75) is 75.6 Å². The first-order chi connectivity index (χ1) is 14.4. The first kappa shape index (κ1) is 31.5. The van der Waals surface area contributed by atoms with E-state index in [1.807, 2.05) is 4.74 Å². The van der Waals surface area contributed by atoms with Gasteiger partial charge in [0.15, 0.2) is 6.61 Å². The molecule has 3 unspecified atom stereocenters. The Morgan fingerprint density at radius 1 is 0.758 bits per heavy atom. The topological polar surface area (TPSA) is 57.2 Å². The van der Waals surface area contributed by atoms with Crippen molar-refractivity contribution in [2.75, 3.05) is 6.61 Å². The van der Waals surface area contributed by atoms with Gasteiger partial charge in [-0.3, -0.25) is 0 Å². The van der Waals surface area contributed by atoms with Crippen molar-refractivity contribution < 1.29 is 81.1 Å². The Labute approximate surface area is 177 Å². The predicted molar refractivity (Wildman–Crippen MR) is 79.3 cm³/mol. The quantitative estimate of drug-likeness (QED) is 0.139. The third-order valence-electron chi connectivity index (χ3n) is 3.24. The van der Waals surface area contributed by atoms with Crippen molar-refractivity contribution in [1.29, 1.82) is 0 Å². The molecule has 0 aliphatic carbocycles. The summed E-state index contributed by atoms with van der Waals surface area (Å²) >= 11 is 0. The molecule has 5 nitrogen and oxygen atoms in total. The fraction of sp³-hybridized carbons (Fsp3) is 0.867. The smallest absolute Gasteiger partial charge is 0.489 e. The van der Waals surface area contributed by atoms with E-state index < -0.39 is 55.4 Å². The molecule has 0 aromatic carbocycles. The number of allylic oxidation sites excluding steroid dienone is 1. The molecule has 0 heterocycles. The van der Waals surface area contributed by atoms with Crippen LogP contribution in [0.5, 0.6) is 0 Å². The van der Waals surface area contributed by atoms with E-state index in [1.165, 1.54) is 6.92 Å². The van der Waals surface area contributed by atoms with Crippen LogP contribution in [0.15, 0.2) is 12.3 Å². The van der Waals surface area contributed by atoms with Gasteiger partial charge in [0.25, 0.3) is 0 Å². The Morgan fingerprint density at radius 3 is 1.61 bits per heavy atom. The first-order valence-corrected chi connectivity index (χ1v) is 8.48. The minimum absolute atomic E-state index is 0.166. The van der Waals surface area contributed by atoms with Crippen LogP contribution in [0.4, 0.5) is 57.1 Å². The van der Waals surface area contributed by atoms with Gasteiger partial charge in [-0.25, -0.2) is 14.2 Å². The number of rotatable bonds is 13. The Morgan fingerprint density at radius 2 is 1.21 bits per heavy atom. The fourth-order valence-corrected chi connectivity index (χ4v) is 1.83. The summed E-state index contributed by atoms with van der Waals surface area (Å²) in [5.41, 5.74) is 0. The number of aliphatic hydroxyl groups is 1. The zero-order valence-corrected chi connectivity index (χ0v) is 16.3. The highest BCUT2D eigenvalue weighted by Crippen LogP contribution is 2.49. The lowest BCUT2D eigenvalue weighted by atomic mass is 10.1. The number of aliphatic hydroxyl groups excluding tert-OH is 1. The van der Waals surface area contributed by atoms with Gasteiger partial charge in [-0.05, 0) is 19.8 Å². The lowest BCUT2D eigenvalue weighted by Gasteiger charge is -2.36. The monoisotopic (exact) mass is 524 g/mol. The van der Waals surface area contributed by atoms with Crippen LogP contribution >= 0.6 is 0 Å². The van der Waals surface area contributed by atoms with Crippen LogP contribution in [0.25, 0.3) is 0 Å². The molecule has 0 aliphatic heterocycles. The lowest BCUT2D eigenvalue weighted by Crippen LogP contribution is -2.60. The standard InChI is InChI=1S/C15H17F13O5/c1-8(29)5-3-4-6-9(2)30-7-10(16,17)31-13(24,11(18,19)20)32-14(25,12(21,22)23)33-15(26,27)28/h8,29H,2-7H2,1H3. The molecule has 33 heavy (non-hydrogen) atoms. The number of unbranched alkanes of at least 4 members (excludes halogenated alkanes) is 1. The third-order valence-corrected chi connectivity index (χ3v) is 3.24. The van der Waals surface area contributed by atoms with E-state index in [9.17, 15) is 57.1 Å². The fourth-order valence-electron chi connectivity index (χ4n) is 1.83. The molecule has 0 aromatic rings. The molecular weight excluding hydrogens is 507 g/mol. The summed E-state index contributed by atoms with van der Waals surface area (Å²) in [5.74, 6) is -0.545. The predicted octanol–water partition coefficient (Wildman–Crippen LogP) is 5.99. The van der Waals surface area contributed by atoms with E-state index in [0.717, 1.165) is 0 Å². The van der Waals surface area contributed by atoms with Crippen molar-refractivity contribution >= 4 is 0 Å². The Hall–Kier alpha value is -1.53. The molecule has 3 atom stereocenters.